The van der Waals surface area contributed by atoms with Crippen molar-refractivity contribution in [3.05, 3.63) is 87.3 Å². The molecular formula is C39H42ClF3N4O5. The van der Waals surface area contributed by atoms with Crippen molar-refractivity contribution in [3.8, 4) is 34.1 Å². The Kier molecular flexibility index (Phi) is 10.8. The number of aromatic nitrogens is 3. The molecular weight excluding hydrogens is 697 g/mol. The topological polar surface area (TPSA) is 127 Å². The van der Waals surface area contributed by atoms with Crippen LogP contribution in [0.2, 0.25) is 5.02 Å². The summed E-state index contributed by atoms with van der Waals surface area (Å²) < 4.78 is 54.1. The fourth-order valence-corrected chi connectivity index (χ4v) is 7.69. The number of carboxylic acid groups (broad SMARTS) is 1. The highest BCUT2D eigenvalue weighted by molar-refractivity contribution is 6.36. The van der Waals surface area contributed by atoms with Gasteiger partial charge in [0.15, 0.2) is 5.69 Å². The number of ether oxygens (including phenoxy) is 2. The lowest BCUT2D eigenvalue weighted by Gasteiger charge is -2.41. The van der Waals surface area contributed by atoms with E-state index in [1.807, 2.05) is 55.5 Å². The summed E-state index contributed by atoms with van der Waals surface area (Å²) in [4.78, 5) is 24.3. The summed E-state index contributed by atoms with van der Waals surface area (Å²) in [6.45, 7) is 3.87. The van der Waals surface area contributed by atoms with Gasteiger partial charge in [0.2, 0.25) is 11.8 Å². The number of benzene rings is 2. The molecule has 2 atom stereocenters. The predicted molar refractivity (Wildman–Crippen MR) is 191 cm³/mol. The van der Waals surface area contributed by atoms with Crippen LogP contribution in [0.5, 0.6) is 11.8 Å². The lowest BCUT2D eigenvalue weighted by Crippen LogP contribution is -2.51. The molecule has 1 saturated carbocycles. The van der Waals surface area contributed by atoms with E-state index in [0.29, 0.717) is 54.4 Å². The van der Waals surface area contributed by atoms with Crippen LogP contribution in [0, 0.1) is 5.92 Å². The van der Waals surface area contributed by atoms with E-state index in [4.69, 9.17) is 26.1 Å². The highest BCUT2D eigenvalue weighted by Gasteiger charge is 2.40. The maximum Gasteiger partial charge on any atom is 0.435 e. The number of nitrogens with zero attached hydrogens (tertiary/aromatic N) is 3. The first kappa shape index (κ1) is 37.5. The molecule has 0 amide bonds. The largest absolute Gasteiger partial charge is 0.481 e. The third-order valence-electron chi connectivity index (χ3n) is 10.2. The maximum atomic E-state index is 14.4. The van der Waals surface area contributed by atoms with Gasteiger partial charge in [-0.25, -0.2) is 15.0 Å². The Balaban J connectivity index is 1.26. The van der Waals surface area contributed by atoms with Crippen LogP contribution in [0.25, 0.3) is 22.4 Å². The summed E-state index contributed by atoms with van der Waals surface area (Å²) in [6.07, 6.45) is -2.06. The van der Waals surface area contributed by atoms with Gasteiger partial charge < -0.3 is 25.0 Å². The minimum atomic E-state index is -4.76. The minimum absolute atomic E-state index is 0.000773. The molecule has 276 valence electrons. The standard InChI is InChI=1S/C39H42ClF3N4O5/c1-21(37(48)49)11-15-31-36(52-4)47-32(34(45-31)39(41,42)43)17-22-12-14-27-25(22)7-5-8-26(27)28-9-6-10-29(33(28)40)30-16-13-23(35(46-30)51-3)20-44-24-18-38(2,50)19-24/h5-10,13,16,21-22,24,44,50H,11-12,14-15,17-20H2,1-4H3,(H,48,49)/t21-,22-,24?,38?/m1/s1. The number of carbonyl (C=O) groups is 1. The second-order valence-corrected chi connectivity index (χ2v) is 14.5. The molecule has 2 aliphatic rings. The van der Waals surface area contributed by atoms with Gasteiger partial charge in [0.25, 0.3) is 0 Å². The number of halogens is 4. The normalized spacial score (nSPS) is 20.2. The van der Waals surface area contributed by atoms with Crippen molar-refractivity contribution in [3.63, 3.8) is 0 Å². The number of aliphatic hydroxyl groups is 1. The van der Waals surface area contributed by atoms with Crippen molar-refractivity contribution in [2.75, 3.05) is 14.2 Å². The number of aryl methyl sites for hydroxylation is 1. The number of aliphatic carboxylic acids is 1. The lowest BCUT2D eigenvalue weighted by molar-refractivity contribution is -0.143. The third-order valence-corrected chi connectivity index (χ3v) is 10.6. The highest BCUT2D eigenvalue weighted by Crippen LogP contribution is 2.45. The average molecular weight is 739 g/mol. The Morgan fingerprint density at radius 1 is 1.00 bits per heavy atom. The maximum absolute atomic E-state index is 14.4. The van der Waals surface area contributed by atoms with Crippen molar-refractivity contribution in [1.82, 2.24) is 20.3 Å². The van der Waals surface area contributed by atoms with Crippen LogP contribution >= 0.6 is 11.6 Å². The van der Waals surface area contributed by atoms with Gasteiger partial charge in [0.1, 0.15) is 5.69 Å². The minimum Gasteiger partial charge on any atom is -0.481 e. The van der Waals surface area contributed by atoms with Crippen LogP contribution in [0.1, 0.15) is 79.2 Å². The molecule has 0 saturated heterocycles. The van der Waals surface area contributed by atoms with Crippen LogP contribution in [-0.2, 0) is 36.8 Å². The summed E-state index contributed by atoms with van der Waals surface area (Å²) in [7, 11) is 2.89. The van der Waals surface area contributed by atoms with Gasteiger partial charge in [-0.05, 0) is 80.5 Å². The van der Waals surface area contributed by atoms with E-state index in [1.54, 1.807) is 7.11 Å². The first-order chi connectivity index (χ1) is 24.7. The summed E-state index contributed by atoms with van der Waals surface area (Å²) in [5, 5.41) is 23.2. The SMILES string of the molecule is COc1nc(-c2cccc(-c3cccc4c3CC[C@@H]4Cc3nc(OC)c(CC[C@@H](C)C(=O)O)nc3C(F)(F)F)c2Cl)ccc1CNC1CC(C)(O)C1. The zero-order chi connectivity index (χ0) is 37.4. The van der Waals surface area contributed by atoms with E-state index < -0.39 is 29.4 Å². The molecule has 0 aliphatic heterocycles. The Morgan fingerprint density at radius 2 is 1.69 bits per heavy atom. The monoisotopic (exact) mass is 738 g/mol. The molecule has 6 rings (SSSR count). The lowest BCUT2D eigenvalue weighted by atomic mass is 9.77. The number of pyridine rings is 1. The molecule has 1 fully saturated rings. The second kappa shape index (κ2) is 15.0. The van der Waals surface area contributed by atoms with Crippen LogP contribution in [0.15, 0.2) is 48.5 Å². The predicted octanol–water partition coefficient (Wildman–Crippen LogP) is 7.82. The molecule has 2 aliphatic carbocycles. The van der Waals surface area contributed by atoms with Crippen LogP contribution in [-0.4, -0.2) is 57.0 Å². The number of hydrogen-bond acceptors (Lipinski definition) is 8. The number of fused-ring (bicyclic) bond motifs is 1. The van der Waals surface area contributed by atoms with Crippen LogP contribution in [0.3, 0.4) is 0 Å². The van der Waals surface area contributed by atoms with Gasteiger partial charge in [-0.1, -0.05) is 61.0 Å². The van der Waals surface area contributed by atoms with E-state index >= 15 is 0 Å². The molecule has 9 nitrogen and oxygen atoms in total. The number of rotatable bonds is 13. The molecule has 2 aromatic carbocycles. The van der Waals surface area contributed by atoms with Crippen LogP contribution < -0.4 is 14.8 Å². The molecule has 13 heteroatoms. The first-order valence-electron chi connectivity index (χ1n) is 17.3. The van der Waals surface area contributed by atoms with Crippen LogP contribution in [0.4, 0.5) is 13.2 Å². The summed E-state index contributed by atoms with van der Waals surface area (Å²) in [5.74, 6) is -1.61. The number of alkyl halides is 3. The van der Waals surface area contributed by atoms with Crippen molar-refractivity contribution >= 4 is 17.6 Å². The smallest absolute Gasteiger partial charge is 0.435 e. The molecule has 52 heavy (non-hydrogen) atoms. The quantitative estimate of drug-likeness (QED) is 0.126. The van der Waals surface area contributed by atoms with Gasteiger partial charge in [-0.15, -0.1) is 0 Å². The van der Waals surface area contributed by atoms with E-state index in [1.165, 1.54) is 14.0 Å². The molecule has 2 heterocycles. The van der Waals surface area contributed by atoms with E-state index in [0.717, 1.165) is 27.8 Å². The van der Waals surface area contributed by atoms with E-state index in [9.17, 15) is 28.2 Å². The Labute approximate surface area is 305 Å². The fourth-order valence-electron chi connectivity index (χ4n) is 7.37. The number of nitrogens with one attached hydrogen (secondary N) is 1. The van der Waals surface area contributed by atoms with E-state index in [-0.39, 0.29) is 48.5 Å². The second-order valence-electron chi connectivity index (χ2n) is 14.1. The molecule has 3 N–H and O–H groups in total. The van der Waals surface area contributed by atoms with Crippen molar-refractivity contribution in [2.24, 2.45) is 5.92 Å². The molecule has 0 unspecified atom stereocenters. The number of hydrogen-bond donors (Lipinski definition) is 3. The molecule has 2 aromatic heterocycles. The molecule has 0 spiro atoms. The molecule has 0 radical (unpaired) electrons. The fraction of sp³-hybridized carbons (Fsp3) is 0.436. The first-order valence-corrected chi connectivity index (χ1v) is 17.7. The Morgan fingerprint density at radius 3 is 2.37 bits per heavy atom. The Hall–Kier alpha value is -4.26. The van der Waals surface area contributed by atoms with Gasteiger partial charge in [0.05, 0.1) is 42.1 Å². The zero-order valence-corrected chi connectivity index (χ0v) is 30.2. The number of carboxylic acids is 1. The van der Waals surface area contributed by atoms with Gasteiger partial charge in [-0.2, -0.15) is 13.2 Å². The summed E-state index contributed by atoms with van der Waals surface area (Å²) in [6, 6.07) is 15.6. The third kappa shape index (κ3) is 7.89. The van der Waals surface area contributed by atoms with Crippen molar-refractivity contribution in [2.45, 2.75) is 89.1 Å². The average Bonchev–Trinajstić information content (AvgIpc) is 3.51. The zero-order valence-electron chi connectivity index (χ0n) is 29.5. The van der Waals surface area contributed by atoms with Gasteiger partial charge >= 0.3 is 12.1 Å². The summed E-state index contributed by atoms with van der Waals surface area (Å²) >= 11 is 7.11. The Bertz CT molecular complexity index is 1960. The molecule has 4 aromatic rings. The summed E-state index contributed by atoms with van der Waals surface area (Å²) in [5.41, 5.74) is 3.95. The van der Waals surface area contributed by atoms with Gasteiger partial charge in [0, 0.05) is 29.3 Å². The van der Waals surface area contributed by atoms with E-state index in [2.05, 4.69) is 15.3 Å². The van der Waals surface area contributed by atoms with Gasteiger partial charge in [-0.3, -0.25) is 4.79 Å². The van der Waals surface area contributed by atoms with Crippen molar-refractivity contribution < 1.29 is 37.7 Å². The molecule has 0 bridgehead atoms. The number of methoxy groups -OCH3 is 2. The van der Waals surface area contributed by atoms with Crippen molar-refractivity contribution in [1.29, 1.82) is 0 Å². The highest BCUT2D eigenvalue weighted by atomic mass is 35.5.